The zero-order valence-electron chi connectivity index (χ0n) is 13.8. The van der Waals surface area contributed by atoms with Gasteiger partial charge in [0.2, 0.25) is 0 Å². The lowest BCUT2D eigenvalue weighted by Gasteiger charge is -2.15. The van der Waals surface area contributed by atoms with E-state index in [0.717, 1.165) is 0 Å². The molecule has 0 fully saturated rings. The molecule has 0 saturated carbocycles. The Kier molecular flexibility index (Phi) is 5.65. The van der Waals surface area contributed by atoms with E-state index in [1.165, 1.54) is 27.4 Å². The number of ether oxygens (including phenoxy) is 3. The van der Waals surface area contributed by atoms with Gasteiger partial charge >= 0.3 is 0 Å². The number of aliphatic hydroxyl groups is 1. The molecule has 1 unspecified atom stereocenters. The molecule has 2 rings (SSSR count). The molecule has 128 valence electrons. The van der Waals surface area contributed by atoms with E-state index in [1.807, 2.05) is 0 Å². The second-order valence-electron chi connectivity index (χ2n) is 5.15. The van der Waals surface area contributed by atoms with Gasteiger partial charge in [-0.15, -0.1) is 0 Å². The first kappa shape index (κ1) is 17.6. The van der Waals surface area contributed by atoms with Crippen LogP contribution in [-0.2, 0) is 11.2 Å². The molecule has 0 bridgehead atoms. The minimum atomic E-state index is -1.30. The van der Waals surface area contributed by atoms with Crippen molar-refractivity contribution in [1.29, 1.82) is 0 Å². The molecule has 0 amide bonds. The van der Waals surface area contributed by atoms with Crippen LogP contribution < -0.4 is 14.2 Å². The van der Waals surface area contributed by atoms with E-state index < -0.39 is 11.9 Å². The number of phenolic OH excluding ortho intramolecular Hbond substituents is 1. The van der Waals surface area contributed by atoms with Gasteiger partial charge in [-0.25, -0.2) is 0 Å². The summed E-state index contributed by atoms with van der Waals surface area (Å²) >= 11 is 0. The molecule has 0 aliphatic rings. The number of aliphatic hydroxyl groups excluding tert-OH is 1. The Bertz CT molecular complexity index is 708. The fourth-order valence-electron chi connectivity index (χ4n) is 2.33. The van der Waals surface area contributed by atoms with Crippen LogP contribution in [0, 0.1) is 0 Å². The van der Waals surface area contributed by atoms with Gasteiger partial charge in [-0.3, -0.25) is 4.79 Å². The number of rotatable bonds is 7. The maximum atomic E-state index is 12.4. The predicted molar refractivity (Wildman–Crippen MR) is 87.9 cm³/mol. The van der Waals surface area contributed by atoms with Crippen molar-refractivity contribution in [2.75, 3.05) is 21.3 Å². The molecule has 2 aromatic rings. The number of hydrogen-bond donors (Lipinski definition) is 2. The molecular formula is C18H20O6. The lowest BCUT2D eigenvalue weighted by molar-refractivity contribution is -0.126. The predicted octanol–water partition coefficient (Wildman–Crippen LogP) is 2.26. The summed E-state index contributed by atoms with van der Waals surface area (Å²) in [6.45, 7) is 0. The van der Waals surface area contributed by atoms with Crippen molar-refractivity contribution in [3.8, 4) is 23.0 Å². The molecule has 6 nitrogen and oxygen atoms in total. The molecule has 0 saturated heterocycles. The van der Waals surface area contributed by atoms with Crippen molar-refractivity contribution in [3.05, 3.63) is 47.5 Å². The zero-order chi connectivity index (χ0) is 17.7. The van der Waals surface area contributed by atoms with Crippen molar-refractivity contribution < 1.29 is 29.2 Å². The normalized spacial score (nSPS) is 11.7. The molecule has 1 atom stereocenters. The number of carbonyl (C=O) groups is 1. The fourth-order valence-corrected chi connectivity index (χ4v) is 2.33. The number of aromatic hydroxyl groups is 1. The lowest BCUT2D eigenvalue weighted by atomic mass is 9.98. The first-order valence-electron chi connectivity index (χ1n) is 7.28. The lowest BCUT2D eigenvalue weighted by Crippen LogP contribution is -2.15. The Labute approximate surface area is 140 Å². The van der Waals surface area contributed by atoms with Crippen LogP contribution in [0.3, 0.4) is 0 Å². The average molecular weight is 332 g/mol. The number of methoxy groups -OCH3 is 3. The second kappa shape index (κ2) is 7.70. The number of benzene rings is 2. The Balaban J connectivity index is 2.22. The summed E-state index contributed by atoms with van der Waals surface area (Å²) in [5.74, 6) is 0.784. The highest BCUT2D eigenvalue weighted by molar-refractivity contribution is 5.87. The Morgan fingerprint density at radius 3 is 2.17 bits per heavy atom. The van der Waals surface area contributed by atoms with Crippen molar-refractivity contribution in [2.45, 2.75) is 12.5 Å². The van der Waals surface area contributed by atoms with Crippen LogP contribution in [0.1, 0.15) is 17.2 Å². The number of carbonyl (C=O) groups excluding carboxylic acids is 1. The number of hydrogen-bond acceptors (Lipinski definition) is 6. The summed E-state index contributed by atoms with van der Waals surface area (Å²) in [5.41, 5.74) is 0.753. The molecule has 2 aromatic carbocycles. The van der Waals surface area contributed by atoms with E-state index in [9.17, 15) is 15.0 Å². The third-order valence-corrected chi connectivity index (χ3v) is 3.70. The van der Waals surface area contributed by atoms with E-state index in [2.05, 4.69) is 0 Å². The van der Waals surface area contributed by atoms with Crippen LogP contribution in [-0.4, -0.2) is 37.3 Å². The maximum Gasteiger partial charge on any atom is 0.170 e. The van der Waals surface area contributed by atoms with Gasteiger partial charge in [0, 0.05) is 24.1 Å². The van der Waals surface area contributed by atoms with Crippen LogP contribution >= 0.6 is 0 Å². The van der Waals surface area contributed by atoms with Crippen molar-refractivity contribution in [1.82, 2.24) is 0 Å². The SMILES string of the molecule is COc1ccc(C(O)C(=O)Cc2c(O)cc(OC)cc2OC)cc1. The van der Waals surface area contributed by atoms with Crippen LogP contribution in [0.25, 0.3) is 0 Å². The van der Waals surface area contributed by atoms with Gasteiger partial charge in [0.15, 0.2) is 5.78 Å². The summed E-state index contributed by atoms with van der Waals surface area (Å²) in [6.07, 6.45) is -1.48. The third kappa shape index (κ3) is 3.78. The van der Waals surface area contributed by atoms with E-state index in [4.69, 9.17) is 14.2 Å². The van der Waals surface area contributed by atoms with Gasteiger partial charge in [-0.1, -0.05) is 12.1 Å². The summed E-state index contributed by atoms with van der Waals surface area (Å²) in [5, 5.41) is 20.3. The molecule has 24 heavy (non-hydrogen) atoms. The van der Waals surface area contributed by atoms with E-state index in [-0.39, 0.29) is 12.2 Å². The highest BCUT2D eigenvalue weighted by Crippen LogP contribution is 2.34. The van der Waals surface area contributed by atoms with Crippen molar-refractivity contribution >= 4 is 5.78 Å². The molecular weight excluding hydrogens is 312 g/mol. The van der Waals surface area contributed by atoms with Crippen LogP contribution in [0.15, 0.2) is 36.4 Å². The Hall–Kier alpha value is -2.73. The highest BCUT2D eigenvalue weighted by Gasteiger charge is 2.22. The molecule has 0 radical (unpaired) electrons. The van der Waals surface area contributed by atoms with Gasteiger partial charge in [-0.2, -0.15) is 0 Å². The monoisotopic (exact) mass is 332 g/mol. The summed E-state index contributed by atoms with van der Waals surface area (Å²) in [4.78, 5) is 12.4. The van der Waals surface area contributed by atoms with Crippen molar-refractivity contribution in [2.24, 2.45) is 0 Å². The molecule has 2 N–H and O–H groups in total. The molecule has 0 spiro atoms. The first-order valence-corrected chi connectivity index (χ1v) is 7.28. The zero-order valence-corrected chi connectivity index (χ0v) is 13.8. The van der Waals surface area contributed by atoms with E-state index in [0.29, 0.717) is 28.4 Å². The van der Waals surface area contributed by atoms with Gasteiger partial charge in [0.05, 0.1) is 21.3 Å². The molecule has 0 aromatic heterocycles. The van der Waals surface area contributed by atoms with Gasteiger partial charge in [0.1, 0.15) is 29.1 Å². The van der Waals surface area contributed by atoms with Gasteiger partial charge in [-0.05, 0) is 17.7 Å². The fraction of sp³-hybridized carbons (Fsp3) is 0.278. The molecule has 0 aliphatic carbocycles. The average Bonchev–Trinajstić information content (AvgIpc) is 2.62. The smallest absolute Gasteiger partial charge is 0.170 e. The van der Waals surface area contributed by atoms with E-state index >= 15 is 0 Å². The first-order chi connectivity index (χ1) is 11.5. The highest BCUT2D eigenvalue weighted by atomic mass is 16.5. The molecule has 0 aliphatic heterocycles. The standard InChI is InChI=1S/C18H20O6/c1-22-12-6-4-11(5-7-12)18(21)16(20)10-14-15(19)8-13(23-2)9-17(14)24-3/h4-9,18-19,21H,10H2,1-3H3. The summed E-state index contributed by atoms with van der Waals surface area (Å²) < 4.78 is 15.3. The van der Waals surface area contributed by atoms with Gasteiger partial charge < -0.3 is 24.4 Å². The van der Waals surface area contributed by atoms with Crippen LogP contribution in [0.2, 0.25) is 0 Å². The van der Waals surface area contributed by atoms with Crippen molar-refractivity contribution in [3.63, 3.8) is 0 Å². The minimum absolute atomic E-state index is 0.124. The summed E-state index contributed by atoms with van der Waals surface area (Å²) in [7, 11) is 4.43. The number of phenols is 1. The quantitative estimate of drug-likeness (QED) is 0.809. The second-order valence-corrected chi connectivity index (χ2v) is 5.15. The molecule has 6 heteroatoms. The van der Waals surface area contributed by atoms with Gasteiger partial charge in [0.25, 0.3) is 0 Å². The maximum absolute atomic E-state index is 12.4. The number of Topliss-reactive ketones (excluding diaryl/α,β-unsaturated/α-hetero) is 1. The van der Waals surface area contributed by atoms with Crippen LogP contribution in [0.4, 0.5) is 0 Å². The third-order valence-electron chi connectivity index (χ3n) is 3.70. The largest absolute Gasteiger partial charge is 0.507 e. The number of ketones is 1. The topological polar surface area (TPSA) is 85.2 Å². The summed E-state index contributed by atoms with van der Waals surface area (Å²) in [6, 6.07) is 9.53. The van der Waals surface area contributed by atoms with E-state index in [1.54, 1.807) is 30.3 Å². The Morgan fingerprint density at radius 2 is 1.62 bits per heavy atom. The Morgan fingerprint density at radius 1 is 1.00 bits per heavy atom. The molecule has 0 heterocycles. The minimum Gasteiger partial charge on any atom is -0.507 e. The van der Waals surface area contributed by atoms with Crippen LogP contribution in [0.5, 0.6) is 23.0 Å².